The first kappa shape index (κ1) is 9.01. The number of H-pyrrole nitrogens is 1. The summed E-state index contributed by atoms with van der Waals surface area (Å²) in [6, 6.07) is 0. The molecule has 0 saturated carbocycles. The number of hydrogen-bond acceptors (Lipinski definition) is 5. The Morgan fingerprint density at radius 3 is 3.17 bits per heavy atom. The van der Waals surface area contributed by atoms with Gasteiger partial charge in [-0.3, -0.25) is 15.3 Å². The van der Waals surface area contributed by atoms with Gasteiger partial charge in [0.2, 0.25) is 5.91 Å². The molecule has 0 aromatic carbocycles. The maximum atomic E-state index is 10.9. The summed E-state index contributed by atoms with van der Waals surface area (Å²) >= 11 is 1.26. The number of aromatic nitrogens is 3. The molecule has 1 rings (SSSR count). The number of aromatic amines is 1. The van der Waals surface area contributed by atoms with E-state index in [-0.39, 0.29) is 11.2 Å². The molecule has 1 heterocycles. The lowest BCUT2D eigenvalue weighted by molar-refractivity contribution is -0.120. The van der Waals surface area contributed by atoms with Gasteiger partial charge in [0.1, 0.15) is 6.33 Å². The van der Waals surface area contributed by atoms with Gasteiger partial charge < -0.3 is 0 Å². The first-order valence-electron chi connectivity index (χ1n) is 3.26. The number of hydrazine groups is 1. The molecule has 6 nitrogen and oxygen atoms in total. The highest BCUT2D eigenvalue weighted by atomic mass is 32.2. The monoisotopic (exact) mass is 187 g/mol. The van der Waals surface area contributed by atoms with Gasteiger partial charge >= 0.3 is 0 Å². The van der Waals surface area contributed by atoms with Crippen LogP contribution in [0.4, 0.5) is 0 Å². The van der Waals surface area contributed by atoms with Crippen molar-refractivity contribution in [1.82, 2.24) is 20.6 Å². The fraction of sp³-hybridized carbons (Fsp3) is 0.400. The number of nitrogens with one attached hydrogen (secondary N) is 2. The third-order valence-corrected chi connectivity index (χ3v) is 2.18. The summed E-state index contributed by atoms with van der Waals surface area (Å²) in [5.74, 6) is 4.70. The zero-order valence-corrected chi connectivity index (χ0v) is 7.26. The largest absolute Gasteiger partial charge is 0.293 e. The van der Waals surface area contributed by atoms with E-state index in [0.717, 1.165) is 0 Å². The third kappa shape index (κ3) is 2.21. The van der Waals surface area contributed by atoms with E-state index in [2.05, 4.69) is 20.6 Å². The summed E-state index contributed by atoms with van der Waals surface area (Å²) in [5, 5.41) is 6.60. The van der Waals surface area contributed by atoms with Gasteiger partial charge in [-0.25, -0.2) is 10.8 Å². The molecule has 1 amide bonds. The Kier molecular flexibility index (Phi) is 3.06. The first-order chi connectivity index (χ1) is 5.74. The molecule has 0 saturated heterocycles. The maximum Gasteiger partial charge on any atom is 0.247 e. The Labute approximate surface area is 73.3 Å². The maximum absolute atomic E-state index is 10.9. The summed E-state index contributed by atoms with van der Waals surface area (Å²) in [6.07, 6.45) is 1.38. The molecule has 0 radical (unpaired) electrons. The number of nitrogens with two attached hydrogens (primary N) is 1. The molecule has 66 valence electrons. The topological polar surface area (TPSA) is 96.7 Å². The molecule has 7 heteroatoms. The van der Waals surface area contributed by atoms with Crippen molar-refractivity contribution in [1.29, 1.82) is 0 Å². The molecule has 0 aliphatic heterocycles. The van der Waals surface area contributed by atoms with Crippen molar-refractivity contribution in [3.63, 3.8) is 0 Å². The number of amides is 1. The number of rotatable bonds is 3. The highest BCUT2D eigenvalue weighted by Crippen LogP contribution is 2.17. The van der Waals surface area contributed by atoms with Gasteiger partial charge in [0, 0.05) is 0 Å². The normalized spacial score (nSPS) is 12.5. The van der Waals surface area contributed by atoms with E-state index >= 15 is 0 Å². The van der Waals surface area contributed by atoms with E-state index < -0.39 is 0 Å². The van der Waals surface area contributed by atoms with Crippen molar-refractivity contribution < 1.29 is 4.79 Å². The van der Waals surface area contributed by atoms with Crippen LogP contribution in [0.3, 0.4) is 0 Å². The number of thioether (sulfide) groups is 1. The Balaban J connectivity index is 2.47. The molecule has 12 heavy (non-hydrogen) atoms. The highest BCUT2D eigenvalue weighted by Gasteiger charge is 2.13. The Hall–Kier alpha value is -1.08. The number of hydrogen-bond donors (Lipinski definition) is 3. The Morgan fingerprint density at radius 2 is 2.67 bits per heavy atom. The highest BCUT2D eigenvalue weighted by molar-refractivity contribution is 8.00. The molecule has 0 fully saturated rings. The first-order valence-corrected chi connectivity index (χ1v) is 4.14. The summed E-state index contributed by atoms with van der Waals surface area (Å²) in [7, 11) is 0. The zero-order valence-electron chi connectivity index (χ0n) is 6.44. The van der Waals surface area contributed by atoms with Crippen molar-refractivity contribution in [2.75, 3.05) is 0 Å². The standard InChI is InChI=1S/C5H9N5OS/c1-3(4(11)9-6)12-5-7-2-8-10-5/h2-3H,6H2,1H3,(H,9,11)(H,7,8,10)/t3-/m1/s1. The molecule has 1 aromatic rings. The van der Waals surface area contributed by atoms with Crippen LogP contribution in [-0.2, 0) is 4.79 Å². The molecular weight excluding hydrogens is 178 g/mol. The molecule has 1 atom stereocenters. The summed E-state index contributed by atoms with van der Waals surface area (Å²) in [4.78, 5) is 14.8. The van der Waals surface area contributed by atoms with Crippen molar-refractivity contribution in [3.05, 3.63) is 6.33 Å². The smallest absolute Gasteiger partial charge is 0.247 e. The van der Waals surface area contributed by atoms with Crippen LogP contribution in [0.2, 0.25) is 0 Å². The quantitative estimate of drug-likeness (QED) is 0.251. The fourth-order valence-electron chi connectivity index (χ4n) is 0.589. The number of carbonyl (C=O) groups excluding carboxylic acids is 1. The molecular formula is C5H9N5OS. The molecule has 0 aliphatic carbocycles. The van der Waals surface area contributed by atoms with Crippen LogP contribution < -0.4 is 11.3 Å². The average Bonchev–Trinajstić information content (AvgIpc) is 2.55. The van der Waals surface area contributed by atoms with Gasteiger partial charge in [-0.15, -0.1) is 0 Å². The second kappa shape index (κ2) is 4.07. The minimum Gasteiger partial charge on any atom is -0.293 e. The molecule has 4 N–H and O–H groups in total. The minimum absolute atomic E-state index is 0.239. The van der Waals surface area contributed by atoms with Crippen molar-refractivity contribution >= 4 is 17.7 Å². The van der Waals surface area contributed by atoms with Gasteiger partial charge in [0.05, 0.1) is 5.25 Å². The van der Waals surface area contributed by atoms with Crippen molar-refractivity contribution in [2.24, 2.45) is 5.84 Å². The van der Waals surface area contributed by atoms with E-state index in [1.165, 1.54) is 18.1 Å². The van der Waals surface area contributed by atoms with Crippen LogP contribution in [0.1, 0.15) is 6.92 Å². The zero-order chi connectivity index (χ0) is 8.97. The lowest BCUT2D eigenvalue weighted by Crippen LogP contribution is -2.36. The van der Waals surface area contributed by atoms with E-state index in [1.54, 1.807) is 6.92 Å². The van der Waals surface area contributed by atoms with E-state index in [1.807, 2.05) is 0 Å². The van der Waals surface area contributed by atoms with Gasteiger partial charge in [-0.1, -0.05) is 11.8 Å². The molecule has 0 bridgehead atoms. The predicted octanol–water partition coefficient (Wildman–Crippen LogP) is -0.725. The lowest BCUT2D eigenvalue weighted by Gasteiger charge is -2.05. The van der Waals surface area contributed by atoms with Gasteiger partial charge in [-0.05, 0) is 6.92 Å². The fourth-order valence-corrected chi connectivity index (χ4v) is 1.31. The van der Waals surface area contributed by atoms with Crippen LogP contribution >= 0.6 is 11.8 Å². The predicted molar refractivity (Wildman–Crippen MR) is 44.0 cm³/mol. The third-order valence-electron chi connectivity index (χ3n) is 1.19. The second-order valence-electron chi connectivity index (χ2n) is 2.06. The SMILES string of the molecule is C[C@@H](Sc1ncn[nH]1)C(=O)NN. The average molecular weight is 187 g/mol. The molecule has 0 unspecified atom stereocenters. The molecule has 0 aliphatic rings. The van der Waals surface area contributed by atoms with Gasteiger partial charge in [0.25, 0.3) is 0 Å². The van der Waals surface area contributed by atoms with Crippen LogP contribution in [0.25, 0.3) is 0 Å². The van der Waals surface area contributed by atoms with Crippen LogP contribution in [0.5, 0.6) is 0 Å². The summed E-state index contributed by atoms with van der Waals surface area (Å²) < 4.78 is 0. The van der Waals surface area contributed by atoms with E-state index in [4.69, 9.17) is 5.84 Å². The van der Waals surface area contributed by atoms with Crippen LogP contribution in [-0.4, -0.2) is 26.3 Å². The Bertz CT molecular complexity index is 248. The molecule has 0 spiro atoms. The van der Waals surface area contributed by atoms with Crippen LogP contribution in [0, 0.1) is 0 Å². The molecule has 1 aromatic heterocycles. The number of nitrogens with zero attached hydrogens (tertiary/aromatic N) is 2. The van der Waals surface area contributed by atoms with E-state index in [0.29, 0.717) is 5.16 Å². The van der Waals surface area contributed by atoms with Gasteiger partial charge in [0.15, 0.2) is 5.16 Å². The van der Waals surface area contributed by atoms with E-state index in [9.17, 15) is 4.79 Å². The summed E-state index contributed by atoms with van der Waals surface area (Å²) in [6.45, 7) is 1.73. The van der Waals surface area contributed by atoms with Crippen LogP contribution in [0.15, 0.2) is 11.5 Å². The van der Waals surface area contributed by atoms with Gasteiger partial charge in [-0.2, -0.15) is 5.10 Å². The lowest BCUT2D eigenvalue weighted by atomic mass is 10.5. The van der Waals surface area contributed by atoms with Crippen molar-refractivity contribution in [2.45, 2.75) is 17.3 Å². The summed E-state index contributed by atoms with van der Waals surface area (Å²) in [5.41, 5.74) is 2.06. The van der Waals surface area contributed by atoms with Crippen molar-refractivity contribution in [3.8, 4) is 0 Å². The Morgan fingerprint density at radius 1 is 1.92 bits per heavy atom. The minimum atomic E-state index is -0.275. The second-order valence-corrected chi connectivity index (χ2v) is 3.39. The number of carbonyl (C=O) groups is 1.